The van der Waals surface area contributed by atoms with E-state index in [0.717, 1.165) is 55.9 Å². The highest BCUT2D eigenvalue weighted by Crippen LogP contribution is 2.27. The van der Waals surface area contributed by atoms with Gasteiger partial charge in [-0.15, -0.1) is 0 Å². The van der Waals surface area contributed by atoms with Gasteiger partial charge in [-0.25, -0.2) is 4.98 Å². The quantitative estimate of drug-likeness (QED) is 0.465. The average molecular weight is 489 g/mol. The first kappa shape index (κ1) is 23.0. The van der Waals surface area contributed by atoms with Crippen molar-refractivity contribution in [2.24, 2.45) is 7.05 Å². The highest BCUT2D eigenvalue weighted by atomic mass is 16.5. The van der Waals surface area contributed by atoms with Gasteiger partial charge in [0.25, 0.3) is 5.91 Å². The van der Waals surface area contributed by atoms with Gasteiger partial charge in [0, 0.05) is 32.7 Å². The Morgan fingerprint density at radius 2 is 1.89 bits per heavy atom. The molecule has 2 aliphatic heterocycles. The second kappa shape index (κ2) is 9.22. The van der Waals surface area contributed by atoms with Crippen molar-refractivity contribution in [3.05, 3.63) is 52.2 Å². The second-order valence-electron chi connectivity index (χ2n) is 9.69. The Labute approximate surface area is 209 Å². The predicted octanol–water partition coefficient (Wildman–Crippen LogP) is 2.39. The number of nitrogens with one attached hydrogen (secondary N) is 1. The number of imidazole rings is 1. The minimum Gasteiger partial charge on any atom is -0.378 e. The van der Waals surface area contributed by atoms with E-state index in [-0.39, 0.29) is 16.9 Å². The molecule has 2 aliphatic rings. The Kier molecular flexibility index (Phi) is 5.89. The number of ether oxygens (including phenoxy) is 1. The van der Waals surface area contributed by atoms with Crippen LogP contribution in [0.15, 0.2) is 41.2 Å². The first-order valence-corrected chi connectivity index (χ1v) is 12.9. The van der Waals surface area contributed by atoms with Crippen molar-refractivity contribution >= 4 is 39.4 Å². The Bertz CT molecular complexity index is 1520. The molecule has 2 saturated heterocycles. The lowest BCUT2D eigenvalue weighted by atomic mass is 10.1. The lowest BCUT2D eigenvalue weighted by Gasteiger charge is -2.28. The fourth-order valence-electron chi connectivity index (χ4n) is 5.85. The molecular weight excluding hydrogens is 456 g/mol. The van der Waals surface area contributed by atoms with Gasteiger partial charge in [0.05, 0.1) is 29.6 Å². The molecule has 4 aromatic rings. The normalized spacial score (nSPS) is 19.1. The first-order chi connectivity index (χ1) is 17.6. The number of likely N-dealkylation sites (tertiary alicyclic amines) is 1. The number of amides is 1. The van der Waals surface area contributed by atoms with Crippen LogP contribution in [0.2, 0.25) is 0 Å². The van der Waals surface area contributed by atoms with E-state index in [2.05, 4.69) is 22.0 Å². The number of hydrogen-bond donors (Lipinski definition) is 1. The maximum absolute atomic E-state index is 13.8. The number of benzene rings is 1. The molecule has 9 nitrogen and oxygen atoms in total. The summed E-state index contributed by atoms with van der Waals surface area (Å²) in [5.74, 6) is 0.482. The second-order valence-corrected chi connectivity index (χ2v) is 9.69. The number of hydrogen-bond acceptors (Lipinski definition) is 6. The van der Waals surface area contributed by atoms with Crippen LogP contribution < -0.4 is 15.6 Å². The van der Waals surface area contributed by atoms with Crippen LogP contribution in [0.3, 0.4) is 0 Å². The SMILES string of the molecule is CCN1CCCC1CNC(=O)c1c(=O)c2ccc(N3CCOCC3)nc2n2c3ccccc3n(C)c12. The number of aryl methyl sites for hydroxylation is 1. The molecular formula is C27H32N6O3. The summed E-state index contributed by atoms with van der Waals surface area (Å²) >= 11 is 0. The number of pyridine rings is 2. The third-order valence-electron chi connectivity index (χ3n) is 7.75. The van der Waals surface area contributed by atoms with Gasteiger partial charge in [-0.05, 0) is 50.2 Å². The molecule has 36 heavy (non-hydrogen) atoms. The predicted molar refractivity (Wildman–Crippen MR) is 141 cm³/mol. The van der Waals surface area contributed by atoms with Crippen molar-refractivity contribution in [1.82, 2.24) is 24.2 Å². The van der Waals surface area contributed by atoms with E-state index < -0.39 is 0 Å². The van der Waals surface area contributed by atoms with Gasteiger partial charge in [-0.3, -0.25) is 18.9 Å². The number of rotatable bonds is 5. The van der Waals surface area contributed by atoms with E-state index in [0.29, 0.717) is 42.5 Å². The van der Waals surface area contributed by atoms with E-state index >= 15 is 0 Å². The summed E-state index contributed by atoms with van der Waals surface area (Å²) in [6.07, 6.45) is 2.19. The van der Waals surface area contributed by atoms with Gasteiger partial charge in [0.15, 0.2) is 5.65 Å². The molecule has 0 radical (unpaired) electrons. The van der Waals surface area contributed by atoms with E-state index in [1.807, 2.05) is 52.4 Å². The Morgan fingerprint density at radius 1 is 1.11 bits per heavy atom. The number of fused-ring (bicyclic) bond motifs is 5. The summed E-state index contributed by atoms with van der Waals surface area (Å²) in [5, 5.41) is 3.53. The number of para-hydroxylation sites is 2. The van der Waals surface area contributed by atoms with Crippen LogP contribution in [-0.4, -0.2) is 76.7 Å². The molecule has 0 aliphatic carbocycles. The molecule has 0 spiro atoms. The number of carbonyl (C=O) groups is 1. The monoisotopic (exact) mass is 488 g/mol. The molecule has 6 rings (SSSR count). The van der Waals surface area contributed by atoms with Gasteiger partial charge in [-0.2, -0.15) is 0 Å². The molecule has 1 amide bonds. The maximum Gasteiger partial charge on any atom is 0.259 e. The van der Waals surface area contributed by atoms with Crippen molar-refractivity contribution in [2.45, 2.75) is 25.8 Å². The van der Waals surface area contributed by atoms with Crippen molar-refractivity contribution in [3.63, 3.8) is 0 Å². The summed E-state index contributed by atoms with van der Waals surface area (Å²) in [6.45, 7) is 7.51. The van der Waals surface area contributed by atoms with Crippen molar-refractivity contribution < 1.29 is 9.53 Å². The summed E-state index contributed by atoms with van der Waals surface area (Å²) in [7, 11) is 1.90. The summed E-state index contributed by atoms with van der Waals surface area (Å²) in [4.78, 5) is 37.0. The smallest absolute Gasteiger partial charge is 0.259 e. The molecule has 1 unspecified atom stereocenters. The first-order valence-electron chi connectivity index (χ1n) is 12.9. The number of aromatic nitrogens is 3. The third-order valence-corrected chi connectivity index (χ3v) is 7.75. The number of likely N-dealkylation sites (N-methyl/N-ethyl adjacent to an activating group) is 1. The van der Waals surface area contributed by atoms with Crippen molar-refractivity contribution in [1.29, 1.82) is 0 Å². The molecule has 2 fully saturated rings. The molecule has 1 atom stereocenters. The van der Waals surface area contributed by atoms with Crippen LogP contribution in [0.5, 0.6) is 0 Å². The summed E-state index contributed by atoms with van der Waals surface area (Å²) in [5.41, 5.74) is 2.87. The van der Waals surface area contributed by atoms with E-state index in [9.17, 15) is 9.59 Å². The number of anilines is 1. The van der Waals surface area contributed by atoms with Crippen LogP contribution >= 0.6 is 0 Å². The summed E-state index contributed by atoms with van der Waals surface area (Å²) in [6, 6.07) is 12.0. The van der Waals surface area contributed by atoms with Crippen LogP contribution in [0.25, 0.3) is 27.7 Å². The Hall–Kier alpha value is -3.43. The highest BCUT2D eigenvalue weighted by Gasteiger charge is 2.27. The number of morpholine rings is 1. The zero-order chi connectivity index (χ0) is 24.8. The molecule has 5 heterocycles. The molecule has 188 valence electrons. The van der Waals surface area contributed by atoms with Crippen LogP contribution in [-0.2, 0) is 11.8 Å². The van der Waals surface area contributed by atoms with Gasteiger partial charge < -0.3 is 19.5 Å². The molecule has 9 heteroatoms. The van der Waals surface area contributed by atoms with Crippen LogP contribution in [0, 0.1) is 0 Å². The third kappa shape index (κ3) is 3.65. The summed E-state index contributed by atoms with van der Waals surface area (Å²) < 4.78 is 9.40. The lowest BCUT2D eigenvalue weighted by Crippen LogP contribution is -2.41. The van der Waals surface area contributed by atoms with Crippen LogP contribution in [0.1, 0.15) is 30.1 Å². The average Bonchev–Trinajstić information content (AvgIpc) is 3.50. The lowest BCUT2D eigenvalue weighted by molar-refractivity contribution is 0.0941. The molecule has 0 saturated carbocycles. The molecule has 1 aromatic carbocycles. The standard InChI is InChI=1S/C27H32N6O3/c1-3-31-12-6-7-18(31)17-28-26(35)23-24(34)19-10-11-22(32-13-15-36-16-14-32)29-25(19)33-21-9-5-4-8-20(21)30(2)27(23)33/h4-5,8-11,18H,3,6-7,12-17H2,1-2H3,(H,28,35). The van der Waals surface area contributed by atoms with E-state index in [1.54, 1.807) is 0 Å². The fraction of sp³-hybridized carbons (Fsp3) is 0.444. The largest absolute Gasteiger partial charge is 0.378 e. The topological polar surface area (TPSA) is 84.1 Å². The minimum absolute atomic E-state index is 0.170. The Morgan fingerprint density at radius 3 is 2.67 bits per heavy atom. The van der Waals surface area contributed by atoms with Crippen molar-refractivity contribution in [3.8, 4) is 0 Å². The molecule has 0 bridgehead atoms. The Balaban J connectivity index is 1.52. The molecule has 1 N–H and O–H groups in total. The number of carbonyl (C=O) groups excluding carboxylic acids is 1. The van der Waals surface area contributed by atoms with Gasteiger partial charge in [0.2, 0.25) is 5.43 Å². The highest BCUT2D eigenvalue weighted by molar-refractivity contribution is 6.05. The van der Waals surface area contributed by atoms with E-state index in [1.165, 1.54) is 0 Å². The fourth-order valence-corrected chi connectivity index (χ4v) is 5.85. The van der Waals surface area contributed by atoms with Gasteiger partial charge in [-0.1, -0.05) is 19.1 Å². The maximum atomic E-state index is 13.8. The van der Waals surface area contributed by atoms with E-state index in [4.69, 9.17) is 9.72 Å². The van der Waals surface area contributed by atoms with Crippen LogP contribution in [0.4, 0.5) is 5.82 Å². The number of nitrogens with zero attached hydrogens (tertiary/aromatic N) is 5. The zero-order valence-electron chi connectivity index (χ0n) is 20.9. The van der Waals surface area contributed by atoms with Crippen molar-refractivity contribution in [2.75, 3.05) is 50.8 Å². The zero-order valence-corrected chi connectivity index (χ0v) is 20.9. The molecule has 3 aromatic heterocycles. The van der Waals surface area contributed by atoms with Gasteiger partial charge in [0.1, 0.15) is 17.0 Å². The minimum atomic E-state index is -0.328. The van der Waals surface area contributed by atoms with Gasteiger partial charge >= 0.3 is 0 Å².